The number of rotatable bonds is 8. The number of aromatic amines is 1. The summed E-state index contributed by atoms with van der Waals surface area (Å²) in [4.78, 5) is 29.0. The van der Waals surface area contributed by atoms with E-state index >= 15 is 0 Å². The molecule has 1 fully saturated rings. The summed E-state index contributed by atoms with van der Waals surface area (Å²) in [5.41, 5.74) is 3.40. The number of H-pyrrole nitrogens is 1. The average Bonchev–Trinajstić information content (AvgIpc) is 3.52. The lowest BCUT2D eigenvalue weighted by atomic mass is 10.1. The van der Waals surface area contributed by atoms with Gasteiger partial charge in [-0.2, -0.15) is 0 Å². The van der Waals surface area contributed by atoms with Gasteiger partial charge in [0.1, 0.15) is 11.7 Å². The Bertz CT molecular complexity index is 1010. The highest BCUT2D eigenvalue weighted by molar-refractivity contribution is 6.02. The van der Waals surface area contributed by atoms with Crippen LogP contribution in [0.25, 0.3) is 10.9 Å². The van der Waals surface area contributed by atoms with E-state index in [2.05, 4.69) is 15.6 Å². The molecule has 1 heterocycles. The fourth-order valence-corrected chi connectivity index (χ4v) is 3.73. The van der Waals surface area contributed by atoms with Crippen molar-refractivity contribution in [2.75, 3.05) is 0 Å². The van der Waals surface area contributed by atoms with Crippen LogP contribution in [0.3, 0.4) is 0 Å². The van der Waals surface area contributed by atoms with Crippen molar-refractivity contribution in [1.29, 1.82) is 0 Å². The molecule has 1 aliphatic carbocycles. The third kappa shape index (κ3) is 4.67. The van der Waals surface area contributed by atoms with Gasteiger partial charge >= 0.3 is 0 Å². The van der Waals surface area contributed by atoms with Crippen molar-refractivity contribution in [3.05, 3.63) is 71.4 Å². The minimum absolute atomic E-state index is 0.128. The summed E-state index contributed by atoms with van der Waals surface area (Å²) >= 11 is 0. The molecule has 1 saturated carbocycles. The molecular weight excluding hydrogens is 362 g/mol. The van der Waals surface area contributed by atoms with Gasteiger partial charge in [-0.3, -0.25) is 9.59 Å². The van der Waals surface area contributed by atoms with E-state index in [-0.39, 0.29) is 11.8 Å². The van der Waals surface area contributed by atoms with Crippen LogP contribution in [0.2, 0.25) is 0 Å². The maximum absolute atomic E-state index is 13.0. The Morgan fingerprint density at radius 1 is 1.07 bits per heavy atom. The molecule has 2 amide bonds. The second-order valence-corrected chi connectivity index (χ2v) is 7.92. The molecule has 0 radical (unpaired) electrons. The molecule has 1 aromatic heterocycles. The lowest BCUT2D eigenvalue weighted by molar-refractivity contribution is -0.123. The van der Waals surface area contributed by atoms with Crippen molar-refractivity contribution >= 4 is 22.7 Å². The van der Waals surface area contributed by atoms with E-state index in [0.29, 0.717) is 24.6 Å². The van der Waals surface area contributed by atoms with E-state index in [4.69, 9.17) is 0 Å². The summed E-state index contributed by atoms with van der Waals surface area (Å²) in [5, 5.41) is 6.98. The number of amides is 2. The van der Waals surface area contributed by atoms with Gasteiger partial charge in [0.05, 0.1) is 0 Å². The van der Waals surface area contributed by atoms with E-state index in [1.807, 2.05) is 61.5 Å². The smallest absolute Gasteiger partial charge is 0.268 e. The number of benzene rings is 2. The first kappa shape index (κ1) is 19.2. The highest BCUT2D eigenvalue weighted by Crippen LogP contribution is 2.34. The predicted octanol–water partition coefficient (Wildman–Crippen LogP) is 4.08. The zero-order chi connectivity index (χ0) is 20.2. The second-order valence-electron chi connectivity index (χ2n) is 7.92. The van der Waals surface area contributed by atoms with E-state index in [9.17, 15) is 9.59 Å². The summed E-state index contributed by atoms with van der Waals surface area (Å²) in [6.45, 7) is 2.39. The minimum atomic E-state index is -0.530. The summed E-state index contributed by atoms with van der Waals surface area (Å²) in [5.74, 6) is 0.345. The maximum Gasteiger partial charge on any atom is 0.268 e. The first-order chi connectivity index (χ1) is 14.1. The van der Waals surface area contributed by atoms with Crippen molar-refractivity contribution in [2.45, 2.75) is 45.2 Å². The third-order valence-corrected chi connectivity index (χ3v) is 5.68. The van der Waals surface area contributed by atoms with Crippen molar-refractivity contribution in [2.24, 2.45) is 5.92 Å². The molecule has 5 nitrogen and oxygen atoms in total. The predicted molar refractivity (Wildman–Crippen MR) is 115 cm³/mol. The number of hydrogen-bond donors (Lipinski definition) is 3. The molecule has 0 bridgehead atoms. The lowest BCUT2D eigenvalue weighted by Gasteiger charge is -2.18. The van der Waals surface area contributed by atoms with Crippen molar-refractivity contribution in [3.63, 3.8) is 0 Å². The van der Waals surface area contributed by atoms with Crippen LogP contribution >= 0.6 is 0 Å². The number of aryl methyl sites for hydroxylation is 1. The molecule has 3 aromatic rings. The van der Waals surface area contributed by atoms with Crippen molar-refractivity contribution in [1.82, 2.24) is 15.6 Å². The molecular formula is C24H27N3O2. The van der Waals surface area contributed by atoms with Crippen LogP contribution in [0, 0.1) is 12.8 Å². The molecule has 150 valence electrons. The van der Waals surface area contributed by atoms with Crippen LogP contribution < -0.4 is 10.6 Å². The Hall–Kier alpha value is -3.08. The Balaban J connectivity index is 1.45. The first-order valence-corrected chi connectivity index (χ1v) is 10.3. The molecule has 5 heteroatoms. The molecule has 0 unspecified atom stereocenters. The van der Waals surface area contributed by atoms with Gasteiger partial charge in [-0.05, 0) is 42.9 Å². The van der Waals surface area contributed by atoms with Gasteiger partial charge < -0.3 is 15.6 Å². The van der Waals surface area contributed by atoms with E-state index in [1.165, 1.54) is 12.8 Å². The van der Waals surface area contributed by atoms with Crippen LogP contribution in [-0.2, 0) is 11.3 Å². The number of nitrogens with one attached hydrogen (secondary N) is 3. The van der Waals surface area contributed by atoms with Gasteiger partial charge in [-0.25, -0.2) is 0 Å². The third-order valence-electron chi connectivity index (χ3n) is 5.68. The molecule has 1 aliphatic rings. The monoisotopic (exact) mass is 389 g/mol. The number of hydrogen-bond acceptors (Lipinski definition) is 2. The molecule has 29 heavy (non-hydrogen) atoms. The molecule has 0 saturated heterocycles. The molecule has 3 N–H and O–H groups in total. The summed E-state index contributed by atoms with van der Waals surface area (Å²) in [6.07, 6.45) is 4.09. The number of aromatic nitrogens is 1. The fourth-order valence-electron chi connectivity index (χ4n) is 3.73. The standard InChI is InChI=1S/C24H27N3O2/c1-16-19-9-5-6-10-20(19)26-22(16)24(29)27-21(14-13-17-11-12-17)23(28)25-15-18-7-3-2-4-8-18/h2-10,17,21,26H,11-15H2,1H3,(H,25,28)(H,27,29)/t21-/m0/s1. The molecule has 0 aliphatic heterocycles. The zero-order valence-electron chi connectivity index (χ0n) is 16.7. The molecule has 2 aromatic carbocycles. The van der Waals surface area contributed by atoms with Gasteiger partial charge in [-0.1, -0.05) is 61.4 Å². The van der Waals surface area contributed by atoms with Crippen LogP contribution in [-0.4, -0.2) is 22.8 Å². The number of para-hydroxylation sites is 1. The second kappa shape index (κ2) is 8.52. The van der Waals surface area contributed by atoms with Crippen LogP contribution in [0.5, 0.6) is 0 Å². The topological polar surface area (TPSA) is 74.0 Å². The highest BCUT2D eigenvalue weighted by atomic mass is 16.2. The maximum atomic E-state index is 13.0. The van der Waals surface area contributed by atoms with Gasteiger partial charge in [0, 0.05) is 17.4 Å². The first-order valence-electron chi connectivity index (χ1n) is 10.3. The van der Waals surface area contributed by atoms with E-state index in [1.54, 1.807) is 0 Å². The fraction of sp³-hybridized carbons (Fsp3) is 0.333. The number of carbonyl (C=O) groups is 2. The summed E-state index contributed by atoms with van der Waals surface area (Å²) in [6, 6.07) is 17.1. The zero-order valence-corrected chi connectivity index (χ0v) is 16.7. The Morgan fingerprint density at radius 3 is 2.52 bits per heavy atom. The van der Waals surface area contributed by atoms with E-state index < -0.39 is 6.04 Å². The largest absolute Gasteiger partial charge is 0.350 e. The SMILES string of the molecule is Cc1c(C(=O)N[C@@H](CCC2CC2)C(=O)NCc2ccccc2)[nH]c2ccccc12. The number of carbonyl (C=O) groups excluding carboxylic acids is 2. The van der Waals surface area contributed by atoms with Crippen LogP contribution in [0.1, 0.15) is 47.3 Å². The molecule has 1 atom stereocenters. The van der Waals surface area contributed by atoms with Gasteiger partial charge in [0.25, 0.3) is 5.91 Å². The Kier molecular flexibility index (Phi) is 5.65. The normalized spacial score (nSPS) is 14.5. The van der Waals surface area contributed by atoms with E-state index in [0.717, 1.165) is 28.5 Å². The van der Waals surface area contributed by atoms with Gasteiger partial charge in [0.15, 0.2) is 0 Å². The number of fused-ring (bicyclic) bond motifs is 1. The summed E-state index contributed by atoms with van der Waals surface area (Å²) < 4.78 is 0. The van der Waals surface area contributed by atoms with Crippen molar-refractivity contribution < 1.29 is 9.59 Å². The van der Waals surface area contributed by atoms with Crippen molar-refractivity contribution in [3.8, 4) is 0 Å². The lowest BCUT2D eigenvalue weighted by Crippen LogP contribution is -2.46. The minimum Gasteiger partial charge on any atom is -0.350 e. The van der Waals surface area contributed by atoms with Crippen LogP contribution in [0.15, 0.2) is 54.6 Å². The Morgan fingerprint density at radius 2 is 1.79 bits per heavy atom. The Labute approximate surface area is 170 Å². The van der Waals surface area contributed by atoms with Crippen LogP contribution in [0.4, 0.5) is 0 Å². The summed E-state index contributed by atoms with van der Waals surface area (Å²) in [7, 11) is 0. The van der Waals surface area contributed by atoms with Gasteiger partial charge in [-0.15, -0.1) is 0 Å². The molecule has 0 spiro atoms. The highest BCUT2D eigenvalue weighted by Gasteiger charge is 2.27. The molecule has 4 rings (SSSR count). The average molecular weight is 389 g/mol. The van der Waals surface area contributed by atoms with Gasteiger partial charge in [0.2, 0.25) is 5.91 Å². The quantitative estimate of drug-likeness (QED) is 0.543.